The van der Waals surface area contributed by atoms with Crippen LogP contribution in [0.2, 0.25) is 5.02 Å². The highest BCUT2D eigenvalue weighted by atomic mass is 35.5. The normalized spacial score (nSPS) is 13.0. The number of fused-ring (bicyclic) bond motifs is 1. The van der Waals surface area contributed by atoms with Crippen molar-refractivity contribution in [2.24, 2.45) is 0 Å². The number of nitrogens with one attached hydrogen (secondary N) is 2. The first-order valence-electron chi connectivity index (χ1n) is 10.6. The van der Waals surface area contributed by atoms with E-state index in [9.17, 15) is 10.1 Å². The first kappa shape index (κ1) is 20.9. The van der Waals surface area contributed by atoms with E-state index in [-0.39, 0.29) is 12.3 Å². The van der Waals surface area contributed by atoms with Crippen LogP contribution in [-0.4, -0.2) is 25.3 Å². The van der Waals surface area contributed by atoms with Crippen molar-refractivity contribution in [3.63, 3.8) is 0 Å². The van der Waals surface area contributed by atoms with Crippen molar-refractivity contribution in [1.82, 2.24) is 19.4 Å². The second-order valence-electron chi connectivity index (χ2n) is 8.01. The second-order valence-corrected chi connectivity index (χ2v) is 8.45. The van der Waals surface area contributed by atoms with E-state index in [1.165, 1.54) is 24.7 Å². The van der Waals surface area contributed by atoms with Gasteiger partial charge >= 0.3 is 0 Å². The quantitative estimate of drug-likeness (QED) is 0.428. The number of carbonyl (C=O) groups is 1. The van der Waals surface area contributed by atoms with E-state index in [0.29, 0.717) is 40.2 Å². The van der Waals surface area contributed by atoms with Crippen LogP contribution in [0.3, 0.4) is 0 Å². The van der Waals surface area contributed by atoms with E-state index in [4.69, 9.17) is 11.6 Å². The maximum Gasteiger partial charge on any atom is 0.229 e. The minimum Gasteiger partial charge on any atom is -0.364 e. The van der Waals surface area contributed by atoms with Gasteiger partial charge in [0.1, 0.15) is 23.6 Å². The lowest BCUT2D eigenvalue weighted by Crippen LogP contribution is -2.16. The monoisotopic (exact) mass is 457 g/mol. The maximum absolute atomic E-state index is 12.5. The number of imidazole rings is 1. The molecule has 3 aromatic heterocycles. The Labute approximate surface area is 195 Å². The van der Waals surface area contributed by atoms with Crippen molar-refractivity contribution in [3.05, 3.63) is 82.5 Å². The third kappa shape index (κ3) is 4.94. The summed E-state index contributed by atoms with van der Waals surface area (Å²) in [5.74, 6) is 1.32. The Hall–Kier alpha value is -3.96. The molecule has 33 heavy (non-hydrogen) atoms. The number of amides is 1. The van der Waals surface area contributed by atoms with Gasteiger partial charge in [-0.2, -0.15) is 5.26 Å². The lowest BCUT2D eigenvalue weighted by molar-refractivity contribution is -0.115. The van der Waals surface area contributed by atoms with Crippen LogP contribution in [0.5, 0.6) is 0 Å². The van der Waals surface area contributed by atoms with E-state index in [1.54, 1.807) is 24.3 Å². The zero-order valence-corrected chi connectivity index (χ0v) is 18.4. The summed E-state index contributed by atoms with van der Waals surface area (Å²) >= 11 is 6.00. The van der Waals surface area contributed by atoms with Crippen LogP contribution >= 0.6 is 11.6 Å². The van der Waals surface area contributed by atoms with Crippen LogP contribution in [0.25, 0.3) is 5.65 Å². The van der Waals surface area contributed by atoms with Gasteiger partial charge in [-0.1, -0.05) is 17.7 Å². The molecule has 0 spiro atoms. The number of halogens is 1. The molecule has 0 atom stereocenters. The molecule has 3 heterocycles. The molecule has 1 saturated carbocycles. The molecule has 8 nitrogen and oxygen atoms in total. The summed E-state index contributed by atoms with van der Waals surface area (Å²) in [6.07, 6.45) is 8.08. The summed E-state index contributed by atoms with van der Waals surface area (Å²) in [4.78, 5) is 25.4. The number of benzene rings is 1. The van der Waals surface area contributed by atoms with Gasteiger partial charge in [0.15, 0.2) is 0 Å². The Morgan fingerprint density at radius 2 is 2.00 bits per heavy atom. The van der Waals surface area contributed by atoms with Crippen molar-refractivity contribution in [2.45, 2.75) is 31.7 Å². The number of nitrogens with zero attached hydrogens (tertiary/aromatic N) is 5. The molecule has 1 aromatic carbocycles. The van der Waals surface area contributed by atoms with E-state index >= 15 is 0 Å². The van der Waals surface area contributed by atoms with Gasteiger partial charge in [0.25, 0.3) is 0 Å². The van der Waals surface area contributed by atoms with Crippen LogP contribution in [-0.2, 0) is 17.8 Å². The Kier molecular flexibility index (Phi) is 5.63. The molecule has 0 radical (unpaired) electrons. The zero-order chi connectivity index (χ0) is 22.8. The molecule has 4 aromatic rings. The fourth-order valence-electron chi connectivity index (χ4n) is 3.69. The number of hydrogen-bond donors (Lipinski definition) is 2. The summed E-state index contributed by atoms with van der Waals surface area (Å²) in [6.45, 7) is 0.485. The minimum atomic E-state index is -0.301. The molecule has 0 saturated heterocycles. The predicted octanol–water partition coefficient (Wildman–Crippen LogP) is 4.32. The minimum absolute atomic E-state index is 0.0142. The van der Waals surface area contributed by atoms with Gasteiger partial charge in [-0.3, -0.25) is 4.79 Å². The Morgan fingerprint density at radius 3 is 2.82 bits per heavy atom. The molecule has 0 aliphatic heterocycles. The van der Waals surface area contributed by atoms with Crippen LogP contribution in [0.4, 0.5) is 11.6 Å². The molecular weight excluding hydrogens is 438 g/mol. The van der Waals surface area contributed by atoms with Crippen molar-refractivity contribution in [2.75, 3.05) is 10.6 Å². The van der Waals surface area contributed by atoms with E-state index < -0.39 is 0 Å². The Balaban J connectivity index is 1.22. The molecule has 1 fully saturated rings. The summed E-state index contributed by atoms with van der Waals surface area (Å²) < 4.78 is 2.06. The number of aromatic nitrogens is 4. The zero-order valence-electron chi connectivity index (χ0n) is 17.6. The summed E-state index contributed by atoms with van der Waals surface area (Å²) in [6, 6.07) is 12.8. The molecule has 1 amide bonds. The van der Waals surface area contributed by atoms with Gasteiger partial charge in [-0.25, -0.2) is 15.0 Å². The lowest BCUT2D eigenvalue weighted by Gasteiger charge is -2.08. The molecule has 0 bridgehead atoms. The van der Waals surface area contributed by atoms with Gasteiger partial charge in [0.2, 0.25) is 5.91 Å². The van der Waals surface area contributed by atoms with Crippen molar-refractivity contribution in [1.29, 1.82) is 5.26 Å². The van der Waals surface area contributed by atoms with Crippen molar-refractivity contribution >= 4 is 34.8 Å². The molecule has 1 aliphatic carbocycles. The van der Waals surface area contributed by atoms with Crippen LogP contribution in [0.15, 0.2) is 55.1 Å². The standard InChI is InChI=1S/C24H20ClN7O/c25-19-5-3-16(10-26)18(7-19)8-24(33)31-22-9-21(28-14-29-22)27-11-20-13-32-12-17(15-1-2-15)4-6-23(32)30-20/h3-7,9,12-15H,1-2,8,11H2,(H2,27,28,29,31,33). The Morgan fingerprint density at radius 1 is 1.15 bits per heavy atom. The first-order valence-corrected chi connectivity index (χ1v) is 11.0. The summed E-state index contributed by atoms with van der Waals surface area (Å²) in [5.41, 5.74) is 4.12. The molecule has 9 heteroatoms. The number of rotatable bonds is 7. The van der Waals surface area contributed by atoms with Crippen molar-refractivity contribution < 1.29 is 4.79 Å². The fourth-order valence-corrected chi connectivity index (χ4v) is 3.88. The lowest BCUT2D eigenvalue weighted by atomic mass is 10.1. The molecule has 1 aliphatic rings. The van der Waals surface area contributed by atoms with Gasteiger partial charge in [0.05, 0.1) is 30.3 Å². The first-order chi connectivity index (χ1) is 16.1. The number of hydrogen-bond acceptors (Lipinski definition) is 6. The third-order valence-corrected chi connectivity index (χ3v) is 5.73. The largest absolute Gasteiger partial charge is 0.364 e. The van der Waals surface area contributed by atoms with Gasteiger partial charge in [0, 0.05) is 23.5 Å². The molecule has 0 unspecified atom stereocenters. The van der Waals surface area contributed by atoms with E-state index in [1.807, 2.05) is 12.3 Å². The van der Waals surface area contributed by atoms with E-state index in [0.717, 1.165) is 11.3 Å². The highest BCUT2D eigenvalue weighted by Crippen LogP contribution is 2.39. The highest BCUT2D eigenvalue weighted by Gasteiger charge is 2.23. The van der Waals surface area contributed by atoms with E-state index in [2.05, 4.69) is 48.3 Å². The summed E-state index contributed by atoms with van der Waals surface area (Å²) in [7, 11) is 0. The van der Waals surface area contributed by atoms with Crippen LogP contribution in [0.1, 0.15) is 41.1 Å². The maximum atomic E-state index is 12.5. The van der Waals surface area contributed by atoms with Crippen LogP contribution < -0.4 is 10.6 Å². The fraction of sp³-hybridized carbons (Fsp3) is 0.208. The number of nitriles is 1. The Bertz CT molecular complexity index is 1390. The highest BCUT2D eigenvalue weighted by molar-refractivity contribution is 6.30. The second kappa shape index (κ2) is 8.88. The summed E-state index contributed by atoms with van der Waals surface area (Å²) in [5, 5.41) is 15.7. The number of carbonyl (C=O) groups excluding carboxylic acids is 1. The molecule has 164 valence electrons. The van der Waals surface area contributed by atoms with Gasteiger partial charge < -0.3 is 15.0 Å². The van der Waals surface area contributed by atoms with Crippen molar-refractivity contribution in [3.8, 4) is 6.07 Å². The number of anilines is 2. The van der Waals surface area contributed by atoms with Gasteiger partial charge in [-0.15, -0.1) is 0 Å². The predicted molar refractivity (Wildman–Crippen MR) is 125 cm³/mol. The smallest absolute Gasteiger partial charge is 0.229 e. The third-order valence-electron chi connectivity index (χ3n) is 5.50. The molecular formula is C24H20ClN7O. The average molecular weight is 458 g/mol. The van der Waals surface area contributed by atoms with Gasteiger partial charge in [-0.05, 0) is 54.2 Å². The van der Waals surface area contributed by atoms with Crippen LogP contribution in [0, 0.1) is 11.3 Å². The topological polar surface area (TPSA) is 108 Å². The number of pyridine rings is 1. The molecule has 5 rings (SSSR count). The molecule has 2 N–H and O–H groups in total. The SMILES string of the molecule is N#Cc1ccc(Cl)cc1CC(=O)Nc1cc(NCc2cn3cc(C4CC4)ccc3n2)ncn1. The average Bonchev–Trinajstić information content (AvgIpc) is 3.57.